The number of hydrogen-bond donors (Lipinski definition) is 1. The van der Waals surface area contributed by atoms with E-state index in [0.29, 0.717) is 5.56 Å². The molecule has 1 N–H and O–H groups in total. The third kappa shape index (κ3) is 3.93. The van der Waals surface area contributed by atoms with Gasteiger partial charge in [-0.1, -0.05) is 42.5 Å². The predicted octanol–water partition coefficient (Wildman–Crippen LogP) is 4.09. The van der Waals surface area contributed by atoms with Crippen LogP contribution in [0, 0.1) is 6.92 Å². The van der Waals surface area contributed by atoms with Crippen LogP contribution in [0.1, 0.15) is 46.6 Å². The highest BCUT2D eigenvalue weighted by Crippen LogP contribution is 2.23. The van der Waals surface area contributed by atoms with Gasteiger partial charge in [-0.05, 0) is 43.5 Å². The number of aromatic nitrogens is 2. The quantitative estimate of drug-likeness (QED) is 0.732. The van der Waals surface area contributed by atoms with E-state index in [1.807, 2.05) is 68.4 Å². The van der Waals surface area contributed by atoms with Gasteiger partial charge in [0.15, 0.2) is 0 Å². The van der Waals surface area contributed by atoms with E-state index >= 15 is 0 Å². The zero-order valence-electron chi connectivity index (χ0n) is 16.4. The van der Waals surface area contributed by atoms with Crippen LogP contribution in [0.15, 0.2) is 60.7 Å². The number of amides is 1. The molecule has 0 saturated carbocycles. The Morgan fingerprint density at radius 2 is 1.86 bits per heavy atom. The molecule has 0 aliphatic carbocycles. The number of anilines is 1. The molecule has 1 unspecified atom stereocenters. The molecule has 2 heterocycles. The highest BCUT2D eigenvalue weighted by molar-refractivity contribution is 5.94. The van der Waals surface area contributed by atoms with Crippen LogP contribution in [-0.2, 0) is 13.1 Å². The largest absolute Gasteiger partial charge is 0.352 e. The number of carbonyl (C=O) groups excluding carboxylic acids is 1. The molecule has 3 aromatic rings. The predicted molar refractivity (Wildman–Crippen MR) is 111 cm³/mol. The molecule has 0 saturated heterocycles. The third-order valence-electron chi connectivity index (χ3n) is 5.24. The fraction of sp³-hybridized carbons (Fsp3) is 0.304. The first kappa shape index (κ1) is 18.3. The monoisotopic (exact) mass is 374 g/mol. The highest BCUT2D eigenvalue weighted by Gasteiger charge is 2.19. The topological polar surface area (TPSA) is 50.2 Å². The van der Waals surface area contributed by atoms with Crippen LogP contribution in [0.3, 0.4) is 0 Å². The van der Waals surface area contributed by atoms with Gasteiger partial charge >= 0.3 is 0 Å². The van der Waals surface area contributed by atoms with E-state index < -0.39 is 0 Å². The zero-order valence-corrected chi connectivity index (χ0v) is 16.4. The SMILES string of the molecule is Cc1cc2n(n1)CCCN2Cc1ccc(C(=O)NC(C)c2ccccc2)cc1. The molecule has 28 heavy (non-hydrogen) atoms. The van der Waals surface area contributed by atoms with Crippen LogP contribution in [-0.4, -0.2) is 22.2 Å². The third-order valence-corrected chi connectivity index (χ3v) is 5.24. The number of hydrogen-bond acceptors (Lipinski definition) is 3. The van der Waals surface area contributed by atoms with Crippen LogP contribution < -0.4 is 10.2 Å². The minimum atomic E-state index is -0.0467. The minimum Gasteiger partial charge on any atom is -0.352 e. The molecule has 1 aromatic heterocycles. The molecule has 0 bridgehead atoms. The van der Waals surface area contributed by atoms with Crippen LogP contribution in [0.4, 0.5) is 5.82 Å². The molecule has 144 valence electrons. The average molecular weight is 374 g/mol. The van der Waals surface area contributed by atoms with Crippen molar-refractivity contribution < 1.29 is 4.79 Å². The fourth-order valence-electron chi connectivity index (χ4n) is 3.72. The van der Waals surface area contributed by atoms with Gasteiger partial charge in [0.1, 0.15) is 5.82 Å². The van der Waals surface area contributed by atoms with E-state index in [9.17, 15) is 4.79 Å². The van der Waals surface area contributed by atoms with Gasteiger partial charge in [-0.2, -0.15) is 5.10 Å². The Kier molecular flexibility index (Phi) is 5.15. The number of benzene rings is 2. The van der Waals surface area contributed by atoms with Crippen molar-refractivity contribution in [2.45, 2.75) is 39.4 Å². The summed E-state index contributed by atoms with van der Waals surface area (Å²) >= 11 is 0. The van der Waals surface area contributed by atoms with Gasteiger partial charge in [0.05, 0.1) is 11.7 Å². The molecule has 1 atom stereocenters. The summed E-state index contributed by atoms with van der Waals surface area (Å²) in [6, 6.07) is 20.0. The number of fused-ring (bicyclic) bond motifs is 1. The zero-order chi connectivity index (χ0) is 19.5. The Balaban J connectivity index is 1.41. The summed E-state index contributed by atoms with van der Waals surface area (Å²) in [5.74, 6) is 1.14. The number of carbonyl (C=O) groups is 1. The summed E-state index contributed by atoms with van der Waals surface area (Å²) in [7, 11) is 0. The number of rotatable bonds is 5. The summed E-state index contributed by atoms with van der Waals surface area (Å²) in [6.07, 6.45) is 1.10. The van der Waals surface area contributed by atoms with Gasteiger partial charge in [-0.25, -0.2) is 4.68 Å². The molecular weight excluding hydrogens is 348 g/mol. The van der Waals surface area contributed by atoms with Gasteiger partial charge in [-0.3, -0.25) is 4.79 Å². The Morgan fingerprint density at radius 1 is 1.11 bits per heavy atom. The molecule has 0 radical (unpaired) electrons. The van der Waals surface area contributed by atoms with E-state index in [1.165, 1.54) is 11.4 Å². The first-order valence-corrected chi connectivity index (χ1v) is 9.84. The molecule has 1 aliphatic rings. The molecule has 4 rings (SSSR count). The van der Waals surface area contributed by atoms with E-state index in [1.54, 1.807) is 0 Å². The van der Waals surface area contributed by atoms with Gasteiger partial charge in [0, 0.05) is 31.3 Å². The van der Waals surface area contributed by atoms with Gasteiger partial charge in [0.25, 0.3) is 5.91 Å². The Labute approximate surface area is 166 Å². The lowest BCUT2D eigenvalue weighted by Crippen LogP contribution is -2.31. The van der Waals surface area contributed by atoms with Crippen LogP contribution in [0.5, 0.6) is 0 Å². The molecule has 1 aliphatic heterocycles. The Morgan fingerprint density at radius 3 is 2.61 bits per heavy atom. The van der Waals surface area contributed by atoms with Gasteiger partial charge in [0.2, 0.25) is 0 Å². The molecule has 5 heteroatoms. The van der Waals surface area contributed by atoms with Crippen LogP contribution in [0.2, 0.25) is 0 Å². The summed E-state index contributed by atoms with van der Waals surface area (Å²) in [5, 5.41) is 7.62. The second-order valence-electron chi connectivity index (χ2n) is 7.44. The normalized spacial score (nSPS) is 14.4. The summed E-state index contributed by atoms with van der Waals surface area (Å²) in [6.45, 7) is 6.88. The van der Waals surface area contributed by atoms with Crippen molar-refractivity contribution in [1.82, 2.24) is 15.1 Å². The molecule has 1 amide bonds. The Bertz CT molecular complexity index is 946. The molecule has 2 aromatic carbocycles. The molecule has 0 spiro atoms. The summed E-state index contributed by atoms with van der Waals surface area (Å²) in [5.41, 5.74) is 4.04. The standard InChI is InChI=1S/C23H26N4O/c1-17-15-22-26(13-6-14-27(22)25-17)16-19-9-11-21(12-10-19)23(28)24-18(2)20-7-4-3-5-8-20/h3-5,7-12,15,18H,6,13-14,16H2,1-2H3,(H,24,28). The van der Waals surface area contributed by atoms with E-state index in [0.717, 1.165) is 37.3 Å². The number of nitrogens with zero attached hydrogens (tertiary/aromatic N) is 3. The van der Waals surface area contributed by atoms with Crippen molar-refractivity contribution in [3.63, 3.8) is 0 Å². The van der Waals surface area contributed by atoms with Crippen molar-refractivity contribution >= 4 is 11.7 Å². The fourth-order valence-corrected chi connectivity index (χ4v) is 3.72. The van der Waals surface area contributed by atoms with E-state index in [2.05, 4.69) is 26.1 Å². The van der Waals surface area contributed by atoms with Crippen molar-refractivity contribution in [2.75, 3.05) is 11.4 Å². The summed E-state index contributed by atoms with van der Waals surface area (Å²) in [4.78, 5) is 14.9. The van der Waals surface area contributed by atoms with Gasteiger partial charge in [-0.15, -0.1) is 0 Å². The van der Waals surface area contributed by atoms with Crippen molar-refractivity contribution in [3.05, 3.63) is 83.0 Å². The minimum absolute atomic E-state index is 0.0229. The van der Waals surface area contributed by atoms with E-state index in [4.69, 9.17) is 0 Å². The molecular formula is C23H26N4O. The van der Waals surface area contributed by atoms with Crippen LogP contribution in [0.25, 0.3) is 0 Å². The molecule has 0 fully saturated rings. The average Bonchev–Trinajstić information content (AvgIpc) is 3.10. The van der Waals surface area contributed by atoms with Gasteiger partial charge < -0.3 is 10.2 Å². The maximum Gasteiger partial charge on any atom is 0.251 e. The lowest BCUT2D eigenvalue weighted by Gasteiger charge is -2.29. The lowest BCUT2D eigenvalue weighted by molar-refractivity contribution is 0.0940. The maximum atomic E-state index is 12.6. The second kappa shape index (κ2) is 7.89. The first-order valence-electron chi connectivity index (χ1n) is 9.84. The lowest BCUT2D eigenvalue weighted by atomic mass is 10.1. The first-order chi connectivity index (χ1) is 13.6. The number of aryl methyl sites for hydroxylation is 2. The molecule has 5 nitrogen and oxygen atoms in total. The number of nitrogens with one attached hydrogen (secondary N) is 1. The highest BCUT2D eigenvalue weighted by atomic mass is 16.1. The van der Waals surface area contributed by atoms with Crippen LogP contribution >= 0.6 is 0 Å². The van der Waals surface area contributed by atoms with Crippen molar-refractivity contribution in [3.8, 4) is 0 Å². The van der Waals surface area contributed by atoms with Crippen molar-refractivity contribution in [2.24, 2.45) is 0 Å². The second-order valence-corrected chi connectivity index (χ2v) is 7.44. The van der Waals surface area contributed by atoms with Crippen molar-refractivity contribution in [1.29, 1.82) is 0 Å². The smallest absolute Gasteiger partial charge is 0.251 e. The van der Waals surface area contributed by atoms with E-state index in [-0.39, 0.29) is 11.9 Å². The maximum absolute atomic E-state index is 12.6. The Hall–Kier alpha value is -3.08. The summed E-state index contributed by atoms with van der Waals surface area (Å²) < 4.78 is 2.09.